The maximum Gasteiger partial charge on any atom is 0.311 e. The first-order valence-electron chi connectivity index (χ1n) is 7.86. The van der Waals surface area contributed by atoms with E-state index in [2.05, 4.69) is 0 Å². The summed E-state index contributed by atoms with van der Waals surface area (Å²) in [5.74, 6) is -0.893. The predicted molar refractivity (Wildman–Crippen MR) is 94.6 cm³/mol. The maximum atomic E-state index is 12.8. The highest BCUT2D eigenvalue weighted by Gasteiger charge is 2.22. The van der Waals surface area contributed by atoms with Gasteiger partial charge in [0, 0.05) is 31.1 Å². The Balaban J connectivity index is 2.31. The number of rotatable bonds is 8. The van der Waals surface area contributed by atoms with Crippen LogP contribution in [0.3, 0.4) is 0 Å². The van der Waals surface area contributed by atoms with Gasteiger partial charge in [0.25, 0.3) is 5.91 Å². The summed E-state index contributed by atoms with van der Waals surface area (Å²) in [4.78, 5) is 36.0. The predicted octanol–water partition coefficient (Wildman–Crippen LogP) is 2.12. The van der Waals surface area contributed by atoms with Crippen molar-refractivity contribution in [1.29, 1.82) is 0 Å². The minimum atomic E-state index is -0.611. The molecule has 0 saturated heterocycles. The summed E-state index contributed by atoms with van der Waals surface area (Å²) in [6, 6.07) is 13.2. The molecule has 0 radical (unpaired) electrons. The highest BCUT2D eigenvalue weighted by molar-refractivity contribution is 5.95. The highest BCUT2D eigenvalue weighted by Crippen LogP contribution is 2.28. The minimum absolute atomic E-state index is 0.00315. The molecule has 2 rings (SSSR count). The van der Waals surface area contributed by atoms with Crippen LogP contribution in [-0.2, 0) is 11.3 Å². The van der Waals surface area contributed by atoms with E-state index in [1.165, 1.54) is 30.2 Å². The van der Waals surface area contributed by atoms with Gasteiger partial charge in [0.15, 0.2) is 5.75 Å². The van der Waals surface area contributed by atoms with Crippen LogP contribution in [0, 0.1) is 10.1 Å². The van der Waals surface area contributed by atoms with Crippen molar-refractivity contribution in [2.45, 2.75) is 13.0 Å². The van der Waals surface area contributed by atoms with Gasteiger partial charge in [-0.25, -0.2) is 0 Å². The van der Waals surface area contributed by atoms with Crippen molar-refractivity contribution >= 4 is 17.5 Å². The quantitative estimate of drug-likeness (QED) is 0.574. The SMILES string of the molecule is COc1ccc(C(=O)N(CCC(N)=O)Cc2ccccc2)cc1[N+](=O)[O-]. The Kier molecular flexibility index (Phi) is 6.26. The molecule has 0 aliphatic carbocycles. The fraction of sp³-hybridized carbons (Fsp3) is 0.222. The molecule has 136 valence electrons. The second-order valence-electron chi connectivity index (χ2n) is 5.57. The van der Waals surface area contributed by atoms with E-state index in [9.17, 15) is 19.7 Å². The Labute approximate surface area is 150 Å². The van der Waals surface area contributed by atoms with E-state index < -0.39 is 16.7 Å². The van der Waals surface area contributed by atoms with Crippen LogP contribution in [0.4, 0.5) is 5.69 Å². The highest BCUT2D eigenvalue weighted by atomic mass is 16.6. The lowest BCUT2D eigenvalue weighted by Crippen LogP contribution is -2.33. The molecule has 0 aromatic heterocycles. The molecule has 8 nitrogen and oxygen atoms in total. The number of hydrogen-bond donors (Lipinski definition) is 1. The zero-order valence-electron chi connectivity index (χ0n) is 14.3. The van der Waals surface area contributed by atoms with Crippen molar-refractivity contribution in [3.8, 4) is 5.75 Å². The van der Waals surface area contributed by atoms with Crippen LogP contribution in [0.25, 0.3) is 0 Å². The summed E-state index contributed by atoms with van der Waals surface area (Å²) < 4.78 is 4.95. The van der Waals surface area contributed by atoms with Crippen molar-refractivity contribution in [2.24, 2.45) is 5.73 Å². The third kappa shape index (κ3) is 4.79. The second-order valence-corrected chi connectivity index (χ2v) is 5.57. The number of ether oxygens (including phenoxy) is 1. The molecule has 2 aromatic rings. The zero-order valence-corrected chi connectivity index (χ0v) is 14.3. The van der Waals surface area contributed by atoms with Crippen molar-refractivity contribution in [1.82, 2.24) is 4.90 Å². The topological polar surface area (TPSA) is 116 Å². The molecule has 0 saturated carbocycles. The van der Waals surface area contributed by atoms with E-state index in [1.54, 1.807) is 0 Å². The number of benzene rings is 2. The number of nitrogens with two attached hydrogens (primary N) is 1. The summed E-state index contributed by atoms with van der Waals surface area (Å²) in [6.45, 7) is 0.371. The van der Waals surface area contributed by atoms with E-state index in [0.717, 1.165) is 5.56 Å². The number of primary amides is 1. The molecule has 0 unspecified atom stereocenters. The van der Waals surface area contributed by atoms with E-state index in [0.29, 0.717) is 0 Å². The molecule has 26 heavy (non-hydrogen) atoms. The summed E-state index contributed by atoms with van der Waals surface area (Å²) >= 11 is 0. The van der Waals surface area contributed by atoms with Crippen molar-refractivity contribution in [3.63, 3.8) is 0 Å². The fourth-order valence-electron chi connectivity index (χ4n) is 2.45. The van der Waals surface area contributed by atoms with Crippen molar-refractivity contribution < 1.29 is 19.2 Å². The lowest BCUT2D eigenvalue weighted by molar-refractivity contribution is -0.385. The Morgan fingerprint density at radius 1 is 1.19 bits per heavy atom. The largest absolute Gasteiger partial charge is 0.490 e. The summed E-state index contributed by atoms with van der Waals surface area (Å²) in [6.07, 6.45) is -0.00315. The molecule has 2 aromatic carbocycles. The van der Waals surface area contributed by atoms with Crippen LogP contribution in [0.1, 0.15) is 22.3 Å². The number of nitro groups is 1. The second kappa shape index (κ2) is 8.61. The lowest BCUT2D eigenvalue weighted by Gasteiger charge is -2.22. The Morgan fingerprint density at radius 3 is 2.46 bits per heavy atom. The Bertz CT molecular complexity index is 808. The summed E-state index contributed by atoms with van der Waals surface area (Å²) in [5.41, 5.74) is 5.90. The van der Waals surface area contributed by atoms with Crippen molar-refractivity contribution in [2.75, 3.05) is 13.7 Å². The summed E-state index contributed by atoms with van der Waals surface area (Å²) in [7, 11) is 1.32. The monoisotopic (exact) mass is 357 g/mol. The van der Waals surface area contributed by atoms with Gasteiger partial charge in [-0.05, 0) is 17.7 Å². The maximum absolute atomic E-state index is 12.8. The average Bonchev–Trinajstić information content (AvgIpc) is 2.64. The van der Waals surface area contributed by atoms with E-state index in [4.69, 9.17) is 10.5 Å². The Morgan fingerprint density at radius 2 is 1.88 bits per heavy atom. The summed E-state index contributed by atoms with van der Waals surface area (Å²) in [5, 5.41) is 11.2. The van der Waals surface area contributed by atoms with Gasteiger partial charge in [-0.2, -0.15) is 0 Å². The molecular weight excluding hydrogens is 338 g/mol. The standard InChI is InChI=1S/C18H19N3O5/c1-26-16-8-7-14(11-15(16)21(24)25)18(23)20(10-9-17(19)22)12-13-5-3-2-4-6-13/h2-8,11H,9-10,12H2,1H3,(H2,19,22). The average molecular weight is 357 g/mol. The number of hydrogen-bond acceptors (Lipinski definition) is 5. The van der Waals surface area contributed by atoms with Gasteiger partial charge in [-0.1, -0.05) is 30.3 Å². The third-order valence-corrected chi connectivity index (χ3v) is 3.75. The first kappa shape index (κ1) is 18.9. The van der Waals surface area contributed by atoms with Gasteiger partial charge < -0.3 is 15.4 Å². The van der Waals surface area contributed by atoms with Gasteiger partial charge in [0.1, 0.15) is 0 Å². The Hall–Kier alpha value is -3.42. The number of amides is 2. The zero-order chi connectivity index (χ0) is 19.1. The molecule has 2 amide bonds. The van der Waals surface area contributed by atoms with E-state index in [1.807, 2.05) is 30.3 Å². The van der Waals surface area contributed by atoms with Crippen LogP contribution in [-0.4, -0.2) is 35.3 Å². The molecule has 0 heterocycles. The fourth-order valence-corrected chi connectivity index (χ4v) is 2.45. The molecule has 0 atom stereocenters. The number of methoxy groups -OCH3 is 1. The van der Waals surface area contributed by atoms with Crippen LogP contribution in [0.15, 0.2) is 48.5 Å². The van der Waals surface area contributed by atoms with Gasteiger partial charge in [0.05, 0.1) is 12.0 Å². The normalized spacial score (nSPS) is 10.2. The number of carbonyl (C=O) groups excluding carboxylic acids is 2. The lowest BCUT2D eigenvalue weighted by atomic mass is 10.1. The van der Waals surface area contributed by atoms with Gasteiger partial charge in [-0.3, -0.25) is 19.7 Å². The van der Waals surface area contributed by atoms with Gasteiger partial charge in [-0.15, -0.1) is 0 Å². The first-order chi connectivity index (χ1) is 12.4. The van der Waals surface area contributed by atoms with Crippen molar-refractivity contribution in [3.05, 3.63) is 69.8 Å². The minimum Gasteiger partial charge on any atom is -0.490 e. The van der Waals surface area contributed by atoms with Crippen LogP contribution < -0.4 is 10.5 Å². The first-order valence-corrected chi connectivity index (χ1v) is 7.86. The van der Waals surface area contributed by atoms with E-state index in [-0.39, 0.29) is 36.5 Å². The van der Waals surface area contributed by atoms with Crippen LogP contribution in [0.2, 0.25) is 0 Å². The number of nitrogens with zero attached hydrogens (tertiary/aromatic N) is 2. The molecule has 0 bridgehead atoms. The van der Waals surface area contributed by atoms with Gasteiger partial charge >= 0.3 is 5.69 Å². The molecule has 0 aliphatic heterocycles. The molecule has 0 aliphatic rings. The number of carbonyl (C=O) groups is 2. The number of nitro benzene ring substituents is 1. The van der Waals surface area contributed by atoms with Gasteiger partial charge in [0.2, 0.25) is 5.91 Å². The van der Waals surface area contributed by atoms with E-state index >= 15 is 0 Å². The van der Waals surface area contributed by atoms with Crippen LogP contribution >= 0.6 is 0 Å². The molecule has 0 spiro atoms. The molecule has 0 fully saturated rings. The smallest absolute Gasteiger partial charge is 0.311 e. The molecule has 8 heteroatoms. The van der Waals surface area contributed by atoms with Crippen LogP contribution in [0.5, 0.6) is 5.75 Å². The molecule has 2 N–H and O–H groups in total. The third-order valence-electron chi connectivity index (χ3n) is 3.75. The molecular formula is C18H19N3O5.